The Morgan fingerprint density at radius 1 is 1.14 bits per heavy atom. The monoisotopic (exact) mass is 284 g/mol. The van der Waals surface area contributed by atoms with E-state index in [-0.39, 0.29) is 11.5 Å². The number of rotatable bonds is 0. The van der Waals surface area contributed by atoms with Crippen LogP contribution in [-0.2, 0) is 0 Å². The van der Waals surface area contributed by atoms with E-state index in [4.69, 9.17) is 0 Å². The number of allylic oxidation sites excluding steroid dienone is 3. The van der Waals surface area contributed by atoms with Crippen LogP contribution in [-0.4, -0.2) is 11.2 Å². The van der Waals surface area contributed by atoms with Gasteiger partial charge in [-0.1, -0.05) is 49.8 Å². The second-order valence-electron chi connectivity index (χ2n) is 8.34. The van der Waals surface area contributed by atoms with Crippen LogP contribution in [0.25, 0.3) is 0 Å². The highest BCUT2D eigenvalue weighted by atomic mass is 16.3. The minimum atomic E-state index is -0.357. The molecule has 3 fully saturated rings. The number of aliphatic hydroxyl groups is 1. The van der Waals surface area contributed by atoms with Gasteiger partial charge in [-0.3, -0.25) is 0 Å². The zero-order valence-electron chi connectivity index (χ0n) is 13.4. The maximum absolute atomic E-state index is 9.91. The van der Waals surface area contributed by atoms with Gasteiger partial charge in [0.2, 0.25) is 0 Å². The summed E-state index contributed by atoms with van der Waals surface area (Å²) in [6, 6.07) is 0. The normalized spacial score (nSPS) is 52.0. The van der Waals surface area contributed by atoms with Crippen molar-refractivity contribution < 1.29 is 5.11 Å². The van der Waals surface area contributed by atoms with Crippen LogP contribution in [0.3, 0.4) is 0 Å². The molecule has 0 heterocycles. The lowest BCUT2D eigenvalue weighted by Gasteiger charge is -2.56. The zero-order valence-corrected chi connectivity index (χ0v) is 13.4. The molecule has 1 nitrogen and oxygen atoms in total. The molecule has 0 aromatic rings. The quantitative estimate of drug-likeness (QED) is 0.642. The molecule has 0 saturated heterocycles. The van der Waals surface area contributed by atoms with Gasteiger partial charge >= 0.3 is 0 Å². The van der Waals surface area contributed by atoms with Crippen LogP contribution in [0.5, 0.6) is 0 Å². The lowest BCUT2D eigenvalue weighted by Crippen LogP contribution is -2.48. The molecule has 4 rings (SSSR count). The minimum absolute atomic E-state index is 0.202. The van der Waals surface area contributed by atoms with Gasteiger partial charge in [-0.05, 0) is 61.7 Å². The Bertz CT molecular complexity index is 542. The van der Waals surface area contributed by atoms with Crippen molar-refractivity contribution in [2.24, 2.45) is 28.6 Å². The van der Waals surface area contributed by atoms with Crippen LogP contribution in [0.2, 0.25) is 0 Å². The lowest BCUT2D eigenvalue weighted by atomic mass is 9.48. The maximum atomic E-state index is 9.91. The Hall–Kier alpha value is -0.820. The van der Waals surface area contributed by atoms with E-state index < -0.39 is 0 Å². The van der Waals surface area contributed by atoms with Gasteiger partial charge in [0, 0.05) is 5.41 Å². The summed E-state index contributed by atoms with van der Waals surface area (Å²) in [5.74, 6) is 2.47. The standard InChI is InChI=1S/C20H28O/c1-13-4-7-17-16-6-5-14-12-15(21)8-10-20(14,3)18(16)9-11-19(13,17)2/h8,10,12,15-18,21H,1,4-7,9,11H2,2-3H3/t15-,16?,17?,18?,19+,20-/m0/s1. The molecule has 0 radical (unpaired) electrons. The summed E-state index contributed by atoms with van der Waals surface area (Å²) in [7, 11) is 0. The van der Waals surface area contributed by atoms with Crippen LogP contribution in [0.1, 0.15) is 52.4 Å². The molecule has 0 spiro atoms. The molecule has 0 bridgehead atoms. The molecule has 3 unspecified atom stereocenters. The average molecular weight is 284 g/mol. The van der Waals surface area contributed by atoms with Crippen molar-refractivity contribution in [1.82, 2.24) is 0 Å². The highest BCUT2D eigenvalue weighted by Crippen LogP contribution is 2.65. The molecular formula is C20H28O. The molecule has 6 atom stereocenters. The Morgan fingerprint density at radius 3 is 2.76 bits per heavy atom. The number of aliphatic hydroxyl groups excluding tert-OH is 1. The second-order valence-corrected chi connectivity index (χ2v) is 8.34. The van der Waals surface area contributed by atoms with Gasteiger partial charge in [0.1, 0.15) is 0 Å². The Morgan fingerprint density at radius 2 is 1.95 bits per heavy atom. The predicted octanol–water partition coefficient (Wildman–Crippen LogP) is 4.64. The molecule has 0 amide bonds. The SMILES string of the molecule is C=C1CCC2C3CCC4=C[C@@H](O)C=C[C@]4(C)C3CC[C@]12C. The Balaban J connectivity index is 1.70. The van der Waals surface area contributed by atoms with Crippen molar-refractivity contribution in [2.45, 2.75) is 58.5 Å². The number of hydrogen-bond acceptors (Lipinski definition) is 1. The third-order valence-corrected chi connectivity index (χ3v) is 7.61. The van der Waals surface area contributed by atoms with Crippen molar-refractivity contribution >= 4 is 0 Å². The van der Waals surface area contributed by atoms with Gasteiger partial charge in [-0.15, -0.1) is 0 Å². The zero-order chi connectivity index (χ0) is 14.8. The number of hydrogen-bond donors (Lipinski definition) is 1. The van der Waals surface area contributed by atoms with Gasteiger partial charge in [0.25, 0.3) is 0 Å². The Labute approximate surface area is 128 Å². The minimum Gasteiger partial charge on any atom is -0.385 e. The molecule has 0 aliphatic heterocycles. The molecule has 3 saturated carbocycles. The van der Waals surface area contributed by atoms with E-state index in [0.717, 1.165) is 17.8 Å². The second kappa shape index (κ2) is 4.35. The molecule has 4 aliphatic carbocycles. The fourth-order valence-corrected chi connectivity index (χ4v) is 6.22. The molecule has 21 heavy (non-hydrogen) atoms. The molecule has 4 aliphatic rings. The summed E-state index contributed by atoms with van der Waals surface area (Å²) in [5, 5.41) is 9.91. The smallest absolute Gasteiger partial charge is 0.0905 e. The third-order valence-electron chi connectivity index (χ3n) is 7.61. The van der Waals surface area contributed by atoms with Gasteiger partial charge < -0.3 is 5.11 Å². The molecule has 0 aromatic heterocycles. The van der Waals surface area contributed by atoms with Gasteiger partial charge in [0.05, 0.1) is 6.10 Å². The number of fused-ring (bicyclic) bond motifs is 5. The summed E-state index contributed by atoms with van der Waals surface area (Å²) in [4.78, 5) is 0. The fraction of sp³-hybridized carbons (Fsp3) is 0.700. The van der Waals surface area contributed by atoms with Crippen molar-refractivity contribution in [1.29, 1.82) is 0 Å². The Kier molecular flexibility index (Phi) is 2.86. The van der Waals surface area contributed by atoms with E-state index in [1.54, 1.807) is 0 Å². The molecule has 0 aromatic carbocycles. The van der Waals surface area contributed by atoms with Crippen molar-refractivity contribution in [3.63, 3.8) is 0 Å². The van der Waals surface area contributed by atoms with Crippen LogP contribution < -0.4 is 0 Å². The van der Waals surface area contributed by atoms with Gasteiger partial charge in [-0.2, -0.15) is 0 Å². The van der Waals surface area contributed by atoms with Crippen molar-refractivity contribution in [3.8, 4) is 0 Å². The van der Waals surface area contributed by atoms with E-state index in [0.29, 0.717) is 5.41 Å². The topological polar surface area (TPSA) is 20.2 Å². The van der Waals surface area contributed by atoms with E-state index in [9.17, 15) is 5.11 Å². The maximum Gasteiger partial charge on any atom is 0.0905 e. The first-order valence-corrected chi connectivity index (χ1v) is 8.72. The predicted molar refractivity (Wildman–Crippen MR) is 86.8 cm³/mol. The summed E-state index contributed by atoms with van der Waals surface area (Å²) in [5.41, 5.74) is 3.63. The molecule has 1 heteroatoms. The van der Waals surface area contributed by atoms with E-state index in [1.807, 2.05) is 6.08 Å². The summed E-state index contributed by atoms with van der Waals surface area (Å²) in [6.07, 6.45) is 13.8. The summed E-state index contributed by atoms with van der Waals surface area (Å²) < 4.78 is 0. The van der Waals surface area contributed by atoms with E-state index >= 15 is 0 Å². The highest BCUT2D eigenvalue weighted by molar-refractivity contribution is 5.34. The van der Waals surface area contributed by atoms with Crippen LogP contribution in [0, 0.1) is 28.6 Å². The van der Waals surface area contributed by atoms with E-state index in [2.05, 4.69) is 32.6 Å². The first-order chi connectivity index (χ1) is 9.95. The molecule has 1 N–H and O–H groups in total. The summed E-state index contributed by atoms with van der Waals surface area (Å²) in [6.45, 7) is 9.30. The van der Waals surface area contributed by atoms with Crippen LogP contribution in [0.15, 0.2) is 36.0 Å². The molecule has 114 valence electrons. The first-order valence-electron chi connectivity index (χ1n) is 8.72. The fourth-order valence-electron chi connectivity index (χ4n) is 6.22. The van der Waals surface area contributed by atoms with Crippen LogP contribution >= 0.6 is 0 Å². The van der Waals surface area contributed by atoms with Gasteiger partial charge in [0.15, 0.2) is 0 Å². The average Bonchev–Trinajstić information content (AvgIpc) is 2.76. The van der Waals surface area contributed by atoms with Crippen molar-refractivity contribution in [2.75, 3.05) is 0 Å². The lowest BCUT2D eigenvalue weighted by molar-refractivity contribution is -0.00345. The highest BCUT2D eigenvalue weighted by Gasteiger charge is 2.56. The van der Waals surface area contributed by atoms with E-state index in [1.165, 1.54) is 49.7 Å². The largest absolute Gasteiger partial charge is 0.385 e. The summed E-state index contributed by atoms with van der Waals surface area (Å²) >= 11 is 0. The van der Waals surface area contributed by atoms with Crippen LogP contribution in [0.4, 0.5) is 0 Å². The molecular weight excluding hydrogens is 256 g/mol. The third kappa shape index (κ3) is 1.73. The van der Waals surface area contributed by atoms with Gasteiger partial charge in [-0.25, -0.2) is 0 Å². The van der Waals surface area contributed by atoms with Crippen molar-refractivity contribution in [3.05, 3.63) is 36.0 Å². The first kappa shape index (κ1) is 13.8.